The fraction of sp³-hybridized carbons (Fsp3) is 0.613. The molecule has 2 saturated heterocycles. The van der Waals surface area contributed by atoms with Gasteiger partial charge in [-0.25, -0.2) is 4.79 Å². The van der Waals surface area contributed by atoms with Crippen LogP contribution < -0.4 is 5.69 Å². The zero-order chi connectivity index (χ0) is 28.4. The Morgan fingerprint density at radius 3 is 2.15 bits per heavy atom. The fourth-order valence-electron chi connectivity index (χ4n) is 5.84. The number of amides is 1. The summed E-state index contributed by atoms with van der Waals surface area (Å²) in [6, 6.07) is 10.3. The molecule has 3 aromatic rings. The van der Waals surface area contributed by atoms with Crippen LogP contribution in [-0.4, -0.2) is 69.3 Å². The molecule has 0 unspecified atom stereocenters. The van der Waals surface area contributed by atoms with E-state index in [1.165, 1.54) is 5.56 Å². The van der Waals surface area contributed by atoms with Gasteiger partial charge < -0.3 is 14.2 Å². The lowest BCUT2D eigenvalue weighted by atomic mass is 9.93. The van der Waals surface area contributed by atoms with Crippen molar-refractivity contribution >= 4 is 16.9 Å². The number of hydrogen-bond acceptors (Lipinski definition) is 4. The number of carbonyl (C=O) groups excluding carboxylic acids is 1. The smallest absolute Gasteiger partial charge is 0.329 e. The highest BCUT2D eigenvalue weighted by molar-refractivity contribution is 5.79. The van der Waals surface area contributed by atoms with Gasteiger partial charge in [0, 0.05) is 58.1 Å². The predicted molar refractivity (Wildman–Crippen MR) is 159 cm³/mol. The Kier molecular flexibility index (Phi) is 11.9. The Morgan fingerprint density at radius 2 is 1.56 bits per heavy atom. The summed E-state index contributed by atoms with van der Waals surface area (Å²) in [7, 11) is 3.71. The first-order valence-electron chi connectivity index (χ1n) is 14.9. The lowest BCUT2D eigenvalue weighted by molar-refractivity contribution is -0.138. The van der Waals surface area contributed by atoms with Crippen molar-refractivity contribution in [3.63, 3.8) is 0 Å². The standard InChI is InChI=1S/C27H37N5O3.2C2H6/c1-28-12-7-21(19-28)20-29-13-8-22(9-14-29)26(33)30-15-10-23(11-16-30)32-25-6-4-3-5-24(25)31(27(32)34)17-18-35-2;2*1-2/h3-7,12,19,22-23H,8-11,13-18,20H2,1-2H3;2*1-2H3. The molecule has 0 radical (unpaired) electrons. The second-order valence-electron chi connectivity index (χ2n) is 10.1. The summed E-state index contributed by atoms with van der Waals surface area (Å²) >= 11 is 0. The Hall–Kier alpha value is -2.84. The number of para-hydroxylation sites is 2. The highest BCUT2D eigenvalue weighted by Gasteiger charge is 2.32. The summed E-state index contributed by atoms with van der Waals surface area (Å²) in [5.74, 6) is 0.426. The second kappa shape index (κ2) is 15.1. The molecule has 5 rings (SSSR count). The van der Waals surface area contributed by atoms with E-state index in [0.29, 0.717) is 19.1 Å². The number of hydrogen-bond donors (Lipinski definition) is 0. The number of carbonyl (C=O) groups is 1. The van der Waals surface area contributed by atoms with Crippen LogP contribution in [0.3, 0.4) is 0 Å². The second-order valence-corrected chi connectivity index (χ2v) is 10.1. The van der Waals surface area contributed by atoms with Crippen LogP contribution in [0, 0.1) is 5.92 Å². The molecule has 1 amide bonds. The van der Waals surface area contributed by atoms with E-state index in [1.807, 2.05) is 73.0 Å². The van der Waals surface area contributed by atoms with Crippen LogP contribution in [-0.2, 0) is 29.7 Å². The Balaban J connectivity index is 0.00000100. The topological polar surface area (TPSA) is 64.6 Å². The zero-order valence-corrected chi connectivity index (χ0v) is 24.9. The van der Waals surface area contributed by atoms with Gasteiger partial charge in [0.2, 0.25) is 5.91 Å². The van der Waals surface area contributed by atoms with Crippen molar-refractivity contribution in [1.29, 1.82) is 0 Å². The number of aromatic nitrogens is 3. The molecule has 1 aromatic carbocycles. The number of piperidine rings is 2. The Bertz CT molecular complexity index is 1210. The normalized spacial score (nSPS) is 16.9. The van der Waals surface area contributed by atoms with Crippen molar-refractivity contribution in [3.05, 3.63) is 58.8 Å². The summed E-state index contributed by atoms with van der Waals surface area (Å²) < 4.78 is 11.1. The van der Waals surface area contributed by atoms with Crippen LogP contribution in [0.15, 0.2) is 47.5 Å². The molecule has 2 aliphatic rings. The number of methoxy groups -OCH3 is 1. The minimum absolute atomic E-state index is 0.0267. The van der Waals surface area contributed by atoms with Crippen molar-refractivity contribution in [2.24, 2.45) is 13.0 Å². The molecule has 0 saturated carbocycles. The van der Waals surface area contributed by atoms with Crippen LogP contribution in [0.5, 0.6) is 0 Å². The van der Waals surface area contributed by atoms with Crippen molar-refractivity contribution in [2.75, 3.05) is 39.9 Å². The minimum Gasteiger partial charge on any atom is -0.383 e. The number of fused-ring (bicyclic) bond motifs is 1. The summed E-state index contributed by atoms with van der Waals surface area (Å²) in [6.45, 7) is 13.4. The molecule has 2 aliphatic heterocycles. The van der Waals surface area contributed by atoms with Crippen molar-refractivity contribution < 1.29 is 9.53 Å². The highest BCUT2D eigenvalue weighted by Crippen LogP contribution is 2.28. The Morgan fingerprint density at radius 1 is 0.923 bits per heavy atom. The first kappa shape index (κ1) is 30.7. The van der Waals surface area contributed by atoms with E-state index in [0.717, 1.165) is 69.4 Å². The van der Waals surface area contributed by atoms with Gasteiger partial charge in [-0.15, -0.1) is 0 Å². The summed E-state index contributed by atoms with van der Waals surface area (Å²) in [6.07, 6.45) is 7.74. The third-order valence-electron chi connectivity index (χ3n) is 7.77. The minimum atomic E-state index is 0.0267. The molecule has 0 atom stereocenters. The van der Waals surface area contributed by atoms with E-state index >= 15 is 0 Å². The van der Waals surface area contributed by atoms with Crippen LogP contribution in [0.25, 0.3) is 11.0 Å². The van der Waals surface area contributed by atoms with Crippen LogP contribution in [0.1, 0.15) is 65.0 Å². The first-order valence-corrected chi connectivity index (χ1v) is 14.9. The van der Waals surface area contributed by atoms with Gasteiger partial charge in [0.05, 0.1) is 24.2 Å². The van der Waals surface area contributed by atoms with Gasteiger partial charge in [-0.2, -0.15) is 0 Å². The van der Waals surface area contributed by atoms with E-state index in [4.69, 9.17) is 4.74 Å². The molecule has 216 valence electrons. The lowest BCUT2D eigenvalue weighted by Gasteiger charge is -2.37. The molecule has 4 heterocycles. The van der Waals surface area contributed by atoms with Gasteiger partial charge in [-0.1, -0.05) is 39.8 Å². The maximum atomic E-state index is 13.3. The SMILES string of the molecule is CC.CC.COCCn1c(=O)n(C2CCN(C(=O)C3CCN(Cc4ccn(C)c4)CC3)CC2)c2ccccc21. The average molecular weight is 540 g/mol. The average Bonchev–Trinajstić information content (AvgIpc) is 3.53. The number of rotatable bonds is 7. The quantitative estimate of drug-likeness (QED) is 0.428. The third kappa shape index (κ3) is 7.22. The van der Waals surface area contributed by atoms with Gasteiger partial charge in [0.15, 0.2) is 0 Å². The number of likely N-dealkylation sites (tertiary alicyclic amines) is 2. The van der Waals surface area contributed by atoms with Crippen LogP contribution in [0.2, 0.25) is 0 Å². The number of imidazole rings is 1. The van der Waals surface area contributed by atoms with Crippen molar-refractivity contribution in [1.82, 2.24) is 23.5 Å². The van der Waals surface area contributed by atoms with Gasteiger partial charge in [-0.05, 0) is 62.5 Å². The van der Waals surface area contributed by atoms with Crippen molar-refractivity contribution in [2.45, 2.75) is 72.5 Å². The molecule has 39 heavy (non-hydrogen) atoms. The molecular formula is C31H49N5O3. The van der Waals surface area contributed by atoms with Crippen LogP contribution >= 0.6 is 0 Å². The first-order chi connectivity index (χ1) is 19.0. The maximum Gasteiger partial charge on any atom is 0.329 e. The molecule has 0 N–H and O–H groups in total. The monoisotopic (exact) mass is 539 g/mol. The number of aryl methyl sites for hydroxylation is 1. The molecule has 8 heteroatoms. The summed E-state index contributed by atoms with van der Waals surface area (Å²) in [4.78, 5) is 31.1. The zero-order valence-electron chi connectivity index (χ0n) is 24.9. The fourth-order valence-corrected chi connectivity index (χ4v) is 5.84. The lowest BCUT2D eigenvalue weighted by Crippen LogP contribution is -2.46. The molecule has 0 aliphatic carbocycles. The number of benzene rings is 1. The van der Waals surface area contributed by atoms with Crippen molar-refractivity contribution in [3.8, 4) is 0 Å². The van der Waals surface area contributed by atoms with E-state index in [1.54, 1.807) is 7.11 Å². The highest BCUT2D eigenvalue weighted by atomic mass is 16.5. The van der Waals surface area contributed by atoms with Gasteiger partial charge >= 0.3 is 5.69 Å². The molecule has 2 fully saturated rings. The third-order valence-corrected chi connectivity index (χ3v) is 7.77. The molecule has 2 aromatic heterocycles. The van der Waals surface area contributed by atoms with E-state index in [2.05, 4.69) is 27.9 Å². The van der Waals surface area contributed by atoms with Crippen LogP contribution in [0.4, 0.5) is 0 Å². The van der Waals surface area contributed by atoms with E-state index in [9.17, 15) is 9.59 Å². The molecule has 0 bridgehead atoms. The predicted octanol–water partition coefficient (Wildman–Crippen LogP) is 4.92. The number of ether oxygens (including phenoxy) is 1. The summed E-state index contributed by atoms with van der Waals surface area (Å²) in [5.41, 5.74) is 3.29. The van der Waals surface area contributed by atoms with E-state index in [-0.39, 0.29) is 17.6 Å². The summed E-state index contributed by atoms with van der Waals surface area (Å²) in [5, 5.41) is 0. The van der Waals surface area contributed by atoms with Gasteiger partial charge in [0.25, 0.3) is 0 Å². The van der Waals surface area contributed by atoms with Gasteiger partial charge in [-0.3, -0.25) is 18.8 Å². The Labute approximate surface area is 234 Å². The number of nitrogens with zero attached hydrogens (tertiary/aromatic N) is 5. The molecule has 8 nitrogen and oxygen atoms in total. The van der Waals surface area contributed by atoms with E-state index < -0.39 is 0 Å². The largest absolute Gasteiger partial charge is 0.383 e. The molecule has 0 spiro atoms. The maximum absolute atomic E-state index is 13.3. The van der Waals surface area contributed by atoms with Gasteiger partial charge in [0.1, 0.15) is 0 Å². The molecular weight excluding hydrogens is 490 g/mol.